The lowest BCUT2D eigenvalue weighted by atomic mass is 10.0. The standard InChI is InChI=1S/C21H33F2N3O/c1-21(2,3)26-11-9-25(10-12-26)20-18(22)15-17(16-19(20)23)27-14-13-24-7-5-4-6-8-24/h15-16H,4-14H2,1-3H3. The van der Waals surface area contributed by atoms with E-state index in [-0.39, 0.29) is 17.0 Å². The molecule has 152 valence electrons. The first-order chi connectivity index (χ1) is 12.8. The summed E-state index contributed by atoms with van der Waals surface area (Å²) < 4.78 is 34.9. The molecule has 2 heterocycles. The van der Waals surface area contributed by atoms with Crippen LogP contribution in [0.25, 0.3) is 0 Å². The molecular weight excluding hydrogens is 348 g/mol. The molecule has 0 spiro atoms. The molecule has 2 aliphatic rings. The van der Waals surface area contributed by atoms with Crippen molar-refractivity contribution in [2.24, 2.45) is 0 Å². The van der Waals surface area contributed by atoms with Crippen molar-refractivity contribution in [3.8, 4) is 5.75 Å². The van der Waals surface area contributed by atoms with Gasteiger partial charge in [0.05, 0.1) is 0 Å². The Hall–Kier alpha value is -1.40. The highest BCUT2D eigenvalue weighted by molar-refractivity contribution is 5.52. The quantitative estimate of drug-likeness (QED) is 0.773. The average molecular weight is 382 g/mol. The van der Waals surface area contributed by atoms with Crippen LogP contribution < -0.4 is 9.64 Å². The third-order valence-electron chi connectivity index (χ3n) is 5.66. The molecule has 2 saturated heterocycles. The molecule has 0 aromatic heterocycles. The van der Waals surface area contributed by atoms with Crippen LogP contribution >= 0.6 is 0 Å². The van der Waals surface area contributed by atoms with Gasteiger partial charge in [0.25, 0.3) is 0 Å². The molecule has 0 atom stereocenters. The zero-order valence-electron chi connectivity index (χ0n) is 16.9. The van der Waals surface area contributed by atoms with Gasteiger partial charge >= 0.3 is 0 Å². The first-order valence-corrected chi connectivity index (χ1v) is 10.2. The van der Waals surface area contributed by atoms with Gasteiger partial charge in [-0.3, -0.25) is 9.80 Å². The Labute approximate surface area is 162 Å². The lowest BCUT2D eigenvalue weighted by molar-refractivity contribution is 0.128. The van der Waals surface area contributed by atoms with Gasteiger partial charge in [0.15, 0.2) is 11.6 Å². The van der Waals surface area contributed by atoms with Crippen molar-refractivity contribution in [3.63, 3.8) is 0 Å². The van der Waals surface area contributed by atoms with Gasteiger partial charge in [-0.2, -0.15) is 0 Å². The van der Waals surface area contributed by atoms with Gasteiger partial charge in [-0.15, -0.1) is 0 Å². The van der Waals surface area contributed by atoms with Crippen LogP contribution in [0.3, 0.4) is 0 Å². The van der Waals surface area contributed by atoms with E-state index in [1.54, 1.807) is 0 Å². The van der Waals surface area contributed by atoms with Crippen LogP contribution in [0.5, 0.6) is 5.75 Å². The van der Waals surface area contributed by atoms with Gasteiger partial charge in [-0.05, 0) is 46.7 Å². The van der Waals surface area contributed by atoms with Crippen LogP contribution in [0, 0.1) is 11.6 Å². The molecule has 4 nitrogen and oxygen atoms in total. The summed E-state index contributed by atoms with van der Waals surface area (Å²) in [6.07, 6.45) is 3.74. The normalized spacial score (nSPS) is 20.1. The molecule has 3 rings (SSSR count). The Bertz CT molecular complexity index is 595. The minimum Gasteiger partial charge on any atom is -0.492 e. The van der Waals surface area contributed by atoms with Crippen LogP contribution in [-0.2, 0) is 0 Å². The summed E-state index contributed by atoms with van der Waals surface area (Å²) in [4.78, 5) is 6.50. The molecular formula is C21H33F2N3O. The summed E-state index contributed by atoms with van der Waals surface area (Å²) in [6.45, 7) is 12.8. The first-order valence-electron chi connectivity index (χ1n) is 10.2. The number of rotatable bonds is 5. The van der Waals surface area contributed by atoms with Crippen molar-refractivity contribution in [1.29, 1.82) is 0 Å². The van der Waals surface area contributed by atoms with Crippen molar-refractivity contribution in [2.75, 3.05) is 57.3 Å². The van der Waals surface area contributed by atoms with Crippen molar-refractivity contribution in [3.05, 3.63) is 23.8 Å². The molecule has 1 aromatic carbocycles. The van der Waals surface area contributed by atoms with Crippen molar-refractivity contribution in [1.82, 2.24) is 9.80 Å². The predicted octanol–water partition coefficient (Wildman–Crippen LogP) is 3.75. The summed E-state index contributed by atoms with van der Waals surface area (Å²) in [7, 11) is 0. The van der Waals surface area contributed by atoms with Gasteiger partial charge < -0.3 is 9.64 Å². The number of hydrogen-bond acceptors (Lipinski definition) is 4. The Kier molecular flexibility index (Phi) is 6.58. The Morgan fingerprint density at radius 1 is 0.889 bits per heavy atom. The predicted molar refractivity (Wildman–Crippen MR) is 106 cm³/mol. The highest BCUT2D eigenvalue weighted by Crippen LogP contribution is 2.30. The lowest BCUT2D eigenvalue weighted by Gasteiger charge is -2.43. The first kappa shape index (κ1) is 20.3. The second kappa shape index (κ2) is 8.74. The number of anilines is 1. The van der Waals surface area contributed by atoms with E-state index < -0.39 is 11.6 Å². The van der Waals surface area contributed by atoms with Crippen molar-refractivity contribution in [2.45, 2.75) is 45.6 Å². The maximum atomic E-state index is 14.6. The third kappa shape index (κ3) is 5.32. The van der Waals surface area contributed by atoms with E-state index in [9.17, 15) is 8.78 Å². The zero-order chi connectivity index (χ0) is 19.4. The molecule has 2 aliphatic heterocycles. The zero-order valence-corrected chi connectivity index (χ0v) is 16.9. The van der Waals surface area contributed by atoms with Crippen LogP contribution in [0.4, 0.5) is 14.5 Å². The van der Waals surface area contributed by atoms with Crippen LogP contribution in [0.15, 0.2) is 12.1 Å². The molecule has 27 heavy (non-hydrogen) atoms. The maximum Gasteiger partial charge on any atom is 0.153 e. The fourth-order valence-electron chi connectivity index (χ4n) is 4.00. The summed E-state index contributed by atoms with van der Waals surface area (Å²) in [6, 6.07) is 2.65. The summed E-state index contributed by atoms with van der Waals surface area (Å²) >= 11 is 0. The van der Waals surface area contributed by atoms with E-state index in [4.69, 9.17) is 4.74 Å². The second-order valence-corrected chi connectivity index (χ2v) is 8.63. The van der Waals surface area contributed by atoms with Gasteiger partial charge in [0.2, 0.25) is 0 Å². The number of piperazine rings is 1. The van der Waals surface area contributed by atoms with E-state index in [1.165, 1.54) is 31.4 Å². The molecule has 0 aliphatic carbocycles. The van der Waals surface area contributed by atoms with Crippen molar-refractivity contribution < 1.29 is 13.5 Å². The molecule has 6 heteroatoms. The van der Waals surface area contributed by atoms with E-state index in [0.717, 1.165) is 32.7 Å². The monoisotopic (exact) mass is 381 g/mol. The van der Waals surface area contributed by atoms with Gasteiger partial charge in [0.1, 0.15) is 18.0 Å². The Morgan fingerprint density at radius 2 is 1.48 bits per heavy atom. The number of likely N-dealkylation sites (tertiary alicyclic amines) is 1. The SMILES string of the molecule is CC(C)(C)N1CCN(c2c(F)cc(OCCN3CCCCC3)cc2F)CC1. The Morgan fingerprint density at radius 3 is 2.04 bits per heavy atom. The Balaban J connectivity index is 1.56. The van der Waals surface area contributed by atoms with E-state index in [1.807, 2.05) is 4.90 Å². The molecule has 0 amide bonds. The summed E-state index contributed by atoms with van der Waals surface area (Å²) in [5.74, 6) is -0.793. The van der Waals surface area contributed by atoms with E-state index in [2.05, 4.69) is 30.6 Å². The van der Waals surface area contributed by atoms with Gasteiger partial charge in [-0.1, -0.05) is 6.42 Å². The number of nitrogens with zero attached hydrogens (tertiary/aromatic N) is 3. The largest absolute Gasteiger partial charge is 0.492 e. The highest BCUT2D eigenvalue weighted by atomic mass is 19.1. The number of benzene rings is 1. The molecule has 0 bridgehead atoms. The molecule has 0 radical (unpaired) electrons. The summed E-state index contributed by atoms with van der Waals surface area (Å²) in [5, 5.41) is 0. The fourth-order valence-corrected chi connectivity index (χ4v) is 4.00. The van der Waals surface area contributed by atoms with Crippen LogP contribution in [0.2, 0.25) is 0 Å². The maximum absolute atomic E-state index is 14.6. The number of ether oxygens (including phenoxy) is 1. The van der Waals surface area contributed by atoms with Gasteiger partial charge in [-0.25, -0.2) is 8.78 Å². The molecule has 2 fully saturated rings. The number of halogens is 2. The van der Waals surface area contributed by atoms with Crippen LogP contribution in [-0.4, -0.2) is 67.8 Å². The minimum absolute atomic E-state index is 0.0759. The minimum atomic E-state index is -0.535. The molecule has 0 unspecified atom stereocenters. The smallest absolute Gasteiger partial charge is 0.153 e. The number of piperidine rings is 1. The molecule has 0 N–H and O–H groups in total. The summed E-state index contributed by atoms with van der Waals surface area (Å²) in [5.41, 5.74) is 0.154. The van der Waals surface area contributed by atoms with Gasteiger partial charge in [0, 0.05) is 50.4 Å². The average Bonchev–Trinajstić information content (AvgIpc) is 2.62. The van der Waals surface area contributed by atoms with E-state index in [0.29, 0.717) is 19.7 Å². The third-order valence-corrected chi connectivity index (χ3v) is 5.66. The topological polar surface area (TPSA) is 19.0 Å². The molecule has 1 aromatic rings. The number of hydrogen-bond donors (Lipinski definition) is 0. The van der Waals surface area contributed by atoms with Crippen molar-refractivity contribution >= 4 is 5.69 Å². The second-order valence-electron chi connectivity index (χ2n) is 8.63. The highest BCUT2D eigenvalue weighted by Gasteiger charge is 2.28. The van der Waals surface area contributed by atoms with E-state index >= 15 is 0 Å². The fraction of sp³-hybridized carbons (Fsp3) is 0.714. The molecule has 0 saturated carbocycles. The van der Waals surface area contributed by atoms with Crippen LogP contribution in [0.1, 0.15) is 40.0 Å². The lowest BCUT2D eigenvalue weighted by Crippen LogP contribution is -2.53.